The topological polar surface area (TPSA) is 73.3 Å². The van der Waals surface area contributed by atoms with Gasteiger partial charge in [-0.3, -0.25) is 19.4 Å². The van der Waals surface area contributed by atoms with Crippen LogP contribution in [0.25, 0.3) is 0 Å². The van der Waals surface area contributed by atoms with Crippen LogP contribution in [-0.2, 0) is 26.7 Å². The van der Waals surface area contributed by atoms with Gasteiger partial charge in [0.25, 0.3) is 5.92 Å². The lowest BCUT2D eigenvalue weighted by molar-refractivity contribution is -0.137. The minimum absolute atomic E-state index is 0.0899. The van der Waals surface area contributed by atoms with E-state index in [0.717, 1.165) is 13.0 Å². The fraction of sp³-hybridized carbons (Fsp3) is 0.600. The van der Waals surface area contributed by atoms with Gasteiger partial charge in [0, 0.05) is 38.0 Å². The Bertz CT molecular complexity index is 750. The minimum atomic E-state index is -3.15. The van der Waals surface area contributed by atoms with Crippen molar-refractivity contribution in [3.8, 4) is 0 Å². The summed E-state index contributed by atoms with van der Waals surface area (Å²) in [7, 11) is 1.52. The lowest BCUT2D eigenvalue weighted by Gasteiger charge is -2.25. The van der Waals surface area contributed by atoms with E-state index in [0.29, 0.717) is 32.3 Å². The number of hydrogen-bond donors (Lipinski definition) is 0. The lowest BCUT2D eigenvalue weighted by Crippen LogP contribution is -2.41. The standard InChI is InChI=1S/C20H23F2NO4/c1-20(21,22)15-8-7-13(14(23-15)4-3-9-27-2)19(26)16-17(24)11-5-6-12(10-11)18(16)25/h7-8,11-12,16H,3-6,9-10H2,1-2H3. The fourth-order valence-corrected chi connectivity index (χ4v) is 4.07. The highest BCUT2D eigenvalue weighted by Gasteiger charge is 2.50. The van der Waals surface area contributed by atoms with E-state index in [1.165, 1.54) is 13.2 Å². The Labute approximate surface area is 156 Å². The van der Waals surface area contributed by atoms with Gasteiger partial charge in [-0.15, -0.1) is 0 Å². The van der Waals surface area contributed by atoms with Gasteiger partial charge in [-0.05, 0) is 44.2 Å². The van der Waals surface area contributed by atoms with Crippen LogP contribution in [0.15, 0.2) is 12.1 Å². The second kappa shape index (κ2) is 7.54. The van der Waals surface area contributed by atoms with Crippen LogP contribution in [0.1, 0.15) is 54.4 Å². The molecule has 0 amide bonds. The molecule has 0 radical (unpaired) electrons. The van der Waals surface area contributed by atoms with Crippen LogP contribution in [0.3, 0.4) is 0 Å². The molecular weight excluding hydrogens is 356 g/mol. The second-order valence-electron chi connectivity index (χ2n) is 7.48. The smallest absolute Gasteiger partial charge is 0.286 e. The summed E-state index contributed by atoms with van der Waals surface area (Å²) >= 11 is 0. The first-order chi connectivity index (χ1) is 12.7. The normalized spacial score (nSPS) is 25.1. The van der Waals surface area contributed by atoms with Gasteiger partial charge in [0.2, 0.25) is 0 Å². The molecule has 0 aliphatic heterocycles. The number of aromatic nitrogens is 1. The highest BCUT2D eigenvalue weighted by molar-refractivity contribution is 6.26. The number of fused-ring (bicyclic) bond motifs is 2. The Kier molecular flexibility index (Phi) is 5.51. The Morgan fingerprint density at radius 3 is 2.41 bits per heavy atom. The van der Waals surface area contributed by atoms with E-state index >= 15 is 0 Å². The molecule has 146 valence electrons. The van der Waals surface area contributed by atoms with Crippen molar-refractivity contribution in [2.45, 2.75) is 45.0 Å². The molecule has 2 fully saturated rings. The van der Waals surface area contributed by atoms with Gasteiger partial charge in [-0.1, -0.05) is 0 Å². The van der Waals surface area contributed by atoms with E-state index in [1.54, 1.807) is 0 Å². The third kappa shape index (κ3) is 3.83. The van der Waals surface area contributed by atoms with Crippen LogP contribution in [0.5, 0.6) is 0 Å². The lowest BCUT2D eigenvalue weighted by atomic mass is 9.75. The quantitative estimate of drug-likeness (QED) is 0.413. The maximum Gasteiger partial charge on any atom is 0.286 e. The predicted octanol–water partition coefficient (Wildman–Crippen LogP) is 3.14. The number of rotatable bonds is 7. The predicted molar refractivity (Wildman–Crippen MR) is 92.7 cm³/mol. The Hall–Kier alpha value is -2.02. The van der Waals surface area contributed by atoms with Gasteiger partial charge in [0.05, 0.1) is 5.69 Å². The highest BCUT2D eigenvalue weighted by atomic mass is 19.3. The first-order valence-corrected chi connectivity index (χ1v) is 9.23. The summed E-state index contributed by atoms with van der Waals surface area (Å²) in [6.45, 7) is 1.12. The molecule has 2 aliphatic rings. The highest BCUT2D eigenvalue weighted by Crippen LogP contribution is 2.41. The molecule has 2 bridgehead atoms. The number of pyridine rings is 1. The zero-order valence-corrected chi connectivity index (χ0v) is 15.5. The molecule has 1 heterocycles. The average molecular weight is 379 g/mol. The first-order valence-electron chi connectivity index (χ1n) is 9.23. The van der Waals surface area contributed by atoms with Gasteiger partial charge in [0.1, 0.15) is 11.6 Å². The minimum Gasteiger partial charge on any atom is -0.385 e. The van der Waals surface area contributed by atoms with Gasteiger partial charge in [-0.25, -0.2) is 0 Å². The number of carbonyl (C=O) groups excluding carboxylic acids is 3. The monoisotopic (exact) mass is 379 g/mol. The Morgan fingerprint density at radius 2 is 1.85 bits per heavy atom. The molecule has 0 N–H and O–H groups in total. The fourth-order valence-electron chi connectivity index (χ4n) is 4.07. The molecule has 2 saturated carbocycles. The summed E-state index contributed by atoms with van der Waals surface area (Å²) in [5, 5.41) is 0. The molecule has 7 heteroatoms. The van der Waals surface area contributed by atoms with E-state index in [2.05, 4.69) is 4.98 Å². The van der Waals surface area contributed by atoms with E-state index < -0.39 is 23.3 Å². The number of Topliss-reactive ketones (excluding diaryl/α,β-unsaturated/α-hetero) is 3. The van der Waals surface area contributed by atoms with Gasteiger partial charge < -0.3 is 4.74 Å². The molecule has 2 atom stereocenters. The van der Waals surface area contributed by atoms with Crippen molar-refractivity contribution >= 4 is 17.3 Å². The molecule has 27 heavy (non-hydrogen) atoms. The van der Waals surface area contributed by atoms with Crippen LogP contribution in [0, 0.1) is 17.8 Å². The molecule has 0 aromatic carbocycles. The number of alkyl halides is 2. The summed E-state index contributed by atoms with van der Waals surface area (Å²) in [4.78, 5) is 42.2. The van der Waals surface area contributed by atoms with Crippen LogP contribution in [0.2, 0.25) is 0 Å². The molecular formula is C20H23F2NO4. The summed E-state index contributed by atoms with van der Waals surface area (Å²) < 4.78 is 32.3. The van der Waals surface area contributed by atoms with Crippen LogP contribution < -0.4 is 0 Å². The second-order valence-corrected chi connectivity index (χ2v) is 7.48. The first kappa shape index (κ1) is 19.7. The maximum absolute atomic E-state index is 13.7. The zero-order valence-electron chi connectivity index (χ0n) is 15.5. The summed E-state index contributed by atoms with van der Waals surface area (Å²) in [6, 6.07) is 2.38. The van der Waals surface area contributed by atoms with Crippen LogP contribution in [-0.4, -0.2) is 36.1 Å². The molecule has 0 saturated heterocycles. The van der Waals surface area contributed by atoms with Crippen molar-refractivity contribution < 1.29 is 27.9 Å². The molecule has 1 aromatic heterocycles. The van der Waals surface area contributed by atoms with E-state index in [-0.39, 0.29) is 41.1 Å². The Balaban J connectivity index is 1.95. The van der Waals surface area contributed by atoms with Crippen molar-refractivity contribution in [1.82, 2.24) is 4.98 Å². The Morgan fingerprint density at radius 1 is 1.22 bits per heavy atom. The zero-order chi connectivity index (χ0) is 19.8. The molecule has 0 spiro atoms. The summed E-state index contributed by atoms with van der Waals surface area (Å²) in [5.74, 6) is -6.21. The SMILES string of the molecule is COCCCc1nc(C(C)(F)F)ccc1C(=O)C1C(=O)C2CCC(C2)C1=O. The van der Waals surface area contributed by atoms with Crippen molar-refractivity contribution in [2.75, 3.05) is 13.7 Å². The molecule has 3 rings (SSSR count). The largest absolute Gasteiger partial charge is 0.385 e. The van der Waals surface area contributed by atoms with Crippen molar-refractivity contribution in [3.63, 3.8) is 0 Å². The summed E-state index contributed by atoms with van der Waals surface area (Å²) in [5.41, 5.74) is -0.158. The number of ketones is 3. The van der Waals surface area contributed by atoms with E-state index in [1.807, 2.05) is 0 Å². The molecule has 5 nitrogen and oxygen atoms in total. The number of carbonyl (C=O) groups is 3. The molecule has 1 aromatic rings. The number of nitrogens with zero attached hydrogens (tertiary/aromatic N) is 1. The van der Waals surface area contributed by atoms with E-state index in [9.17, 15) is 23.2 Å². The van der Waals surface area contributed by atoms with Crippen molar-refractivity contribution in [1.29, 1.82) is 0 Å². The van der Waals surface area contributed by atoms with Gasteiger partial charge >= 0.3 is 0 Å². The van der Waals surface area contributed by atoms with Gasteiger partial charge in [0.15, 0.2) is 17.3 Å². The third-order valence-electron chi connectivity index (χ3n) is 5.52. The average Bonchev–Trinajstić information content (AvgIpc) is 3.07. The van der Waals surface area contributed by atoms with Crippen molar-refractivity contribution in [2.24, 2.45) is 17.8 Å². The van der Waals surface area contributed by atoms with Gasteiger partial charge in [-0.2, -0.15) is 8.78 Å². The molecule has 2 aliphatic carbocycles. The third-order valence-corrected chi connectivity index (χ3v) is 5.52. The van der Waals surface area contributed by atoms with Crippen molar-refractivity contribution in [3.05, 3.63) is 29.1 Å². The summed E-state index contributed by atoms with van der Waals surface area (Å²) in [6.07, 6.45) is 2.54. The van der Waals surface area contributed by atoms with Crippen LogP contribution in [0.4, 0.5) is 8.78 Å². The number of halogens is 2. The number of methoxy groups -OCH3 is 1. The van der Waals surface area contributed by atoms with Crippen LogP contribution >= 0.6 is 0 Å². The number of ether oxygens (including phenoxy) is 1. The molecule has 2 unspecified atom stereocenters. The number of hydrogen-bond acceptors (Lipinski definition) is 5. The maximum atomic E-state index is 13.7. The van der Waals surface area contributed by atoms with E-state index in [4.69, 9.17) is 4.74 Å². The number of aryl methyl sites for hydroxylation is 1.